The van der Waals surface area contributed by atoms with Crippen molar-refractivity contribution in [3.8, 4) is 0 Å². The SMILES string of the molecule is CCC(C)C(NC(=O)C(CC(=O)O)NC(=O)C(NC(=O)C(N)CC(=O)O)C(C)CC)C(=O)O. The number of hydrogen-bond acceptors (Lipinski definition) is 7. The van der Waals surface area contributed by atoms with Gasteiger partial charge in [0, 0.05) is 0 Å². The summed E-state index contributed by atoms with van der Waals surface area (Å²) in [5, 5.41) is 34.1. The van der Waals surface area contributed by atoms with Crippen LogP contribution in [0.25, 0.3) is 0 Å². The lowest BCUT2D eigenvalue weighted by Crippen LogP contribution is -2.59. The Morgan fingerprint density at radius 3 is 1.58 bits per heavy atom. The number of nitrogens with one attached hydrogen (secondary N) is 3. The van der Waals surface area contributed by atoms with Crippen LogP contribution in [0.5, 0.6) is 0 Å². The van der Waals surface area contributed by atoms with Gasteiger partial charge >= 0.3 is 17.9 Å². The molecular weight excluding hydrogens is 440 g/mol. The van der Waals surface area contributed by atoms with E-state index in [1.807, 2.05) is 0 Å². The smallest absolute Gasteiger partial charge is 0.326 e. The van der Waals surface area contributed by atoms with Crippen LogP contribution in [0.2, 0.25) is 0 Å². The first-order valence-electron chi connectivity index (χ1n) is 10.6. The third-order valence-electron chi connectivity index (χ3n) is 5.31. The molecule has 0 fully saturated rings. The second-order valence-corrected chi connectivity index (χ2v) is 7.95. The summed E-state index contributed by atoms with van der Waals surface area (Å²) in [5.41, 5.74) is 5.53. The number of rotatable bonds is 15. The molecule has 188 valence electrons. The number of carbonyl (C=O) groups is 6. The molecule has 0 radical (unpaired) electrons. The Labute approximate surface area is 191 Å². The lowest BCUT2D eigenvalue weighted by Gasteiger charge is -2.28. The Morgan fingerprint density at radius 1 is 0.697 bits per heavy atom. The summed E-state index contributed by atoms with van der Waals surface area (Å²) in [6.45, 7) is 6.65. The van der Waals surface area contributed by atoms with E-state index in [4.69, 9.17) is 15.9 Å². The van der Waals surface area contributed by atoms with Crippen molar-refractivity contribution in [3.05, 3.63) is 0 Å². The molecule has 0 rings (SSSR count). The molecule has 0 saturated heterocycles. The van der Waals surface area contributed by atoms with Crippen LogP contribution in [0.1, 0.15) is 53.4 Å². The Bertz CT molecular complexity index is 743. The minimum atomic E-state index is -1.61. The molecule has 0 aliphatic heterocycles. The highest BCUT2D eigenvalue weighted by molar-refractivity contribution is 5.96. The largest absolute Gasteiger partial charge is 0.481 e. The van der Waals surface area contributed by atoms with Gasteiger partial charge < -0.3 is 37.0 Å². The van der Waals surface area contributed by atoms with E-state index in [0.717, 1.165) is 0 Å². The fraction of sp³-hybridized carbons (Fsp3) is 0.700. The average molecular weight is 475 g/mol. The number of carboxylic acid groups (broad SMARTS) is 3. The van der Waals surface area contributed by atoms with Crippen molar-refractivity contribution in [3.63, 3.8) is 0 Å². The highest BCUT2D eigenvalue weighted by Crippen LogP contribution is 2.11. The summed E-state index contributed by atoms with van der Waals surface area (Å²) in [7, 11) is 0. The van der Waals surface area contributed by atoms with Crippen molar-refractivity contribution in [2.45, 2.75) is 77.5 Å². The minimum absolute atomic E-state index is 0.400. The first-order chi connectivity index (χ1) is 15.2. The van der Waals surface area contributed by atoms with Crippen LogP contribution >= 0.6 is 0 Å². The van der Waals surface area contributed by atoms with E-state index in [9.17, 15) is 33.9 Å². The number of carbonyl (C=O) groups excluding carboxylic acids is 3. The van der Waals surface area contributed by atoms with Gasteiger partial charge in [-0.25, -0.2) is 4.79 Å². The van der Waals surface area contributed by atoms with E-state index in [0.29, 0.717) is 12.8 Å². The first kappa shape index (κ1) is 29.8. The number of amides is 3. The molecule has 0 aliphatic rings. The van der Waals surface area contributed by atoms with E-state index in [-0.39, 0.29) is 0 Å². The highest BCUT2D eigenvalue weighted by atomic mass is 16.4. The monoisotopic (exact) mass is 474 g/mol. The Balaban J connectivity index is 5.64. The van der Waals surface area contributed by atoms with Crippen LogP contribution in [0.4, 0.5) is 0 Å². The van der Waals surface area contributed by atoms with E-state index in [1.54, 1.807) is 27.7 Å². The van der Waals surface area contributed by atoms with Crippen molar-refractivity contribution in [1.82, 2.24) is 16.0 Å². The number of hydrogen-bond donors (Lipinski definition) is 7. The molecule has 0 aromatic carbocycles. The molecule has 13 nitrogen and oxygen atoms in total. The summed E-state index contributed by atoms with van der Waals surface area (Å²) in [4.78, 5) is 71.2. The van der Waals surface area contributed by atoms with E-state index >= 15 is 0 Å². The maximum Gasteiger partial charge on any atom is 0.326 e. The topological polar surface area (TPSA) is 225 Å². The molecule has 0 heterocycles. The first-order valence-corrected chi connectivity index (χ1v) is 10.6. The highest BCUT2D eigenvalue weighted by Gasteiger charge is 2.34. The third kappa shape index (κ3) is 10.3. The summed E-state index contributed by atoms with van der Waals surface area (Å²) in [5.74, 6) is -7.78. The molecule has 0 aliphatic carbocycles. The van der Waals surface area contributed by atoms with Crippen LogP contribution in [-0.2, 0) is 28.8 Å². The molecule has 3 amide bonds. The number of nitrogens with two attached hydrogens (primary N) is 1. The molecule has 13 heteroatoms. The zero-order valence-electron chi connectivity index (χ0n) is 19.2. The van der Waals surface area contributed by atoms with Crippen molar-refractivity contribution < 1.29 is 44.1 Å². The fourth-order valence-electron chi connectivity index (χ4n) is 2.83. The normalized spacial score (nSPS) is 16.3. The summed E-state index contributed by atoms with van der Waals surface area (Å²) < 4.78 is 0. The molecule has 0 aromatic heterocycles. The number of carboxylic acids is 3. The van der Waals surface area contributed by atoms with Gasteiger partial charge in [-0.2, -0.15) is 0 Å². The van der Waals surface area contributed by atoms with Crippen LogP contribution in [0.3, 0.4) is 0 Å². The second-order valence-electron chi connectivity index (χ2n) is 7.95. The van der Waals surface area contributed by atoms with Crippen molar-refractivity contribution in [2.24, 2.45) is 17.6 Å². The standard InChI is InChI=1S/C20H34N4O9/c1-5-9(3)15(23-17(29)11(21)7-13(25)26)19(31)22-12(8-14(27)28)18(30)24-16(20(32)33)10(4)6-2/h9-12,15-16H,5-8,21H2,1-4H3,(H,22,31)(H,23,29)(H,24,30)(H,25,26)(H,27,28)(H,32,33). The van der Waals surface area contributed by atoms with Gasteiger partial charge in [0.25, 0.3) is 0 Å². The lowest BCUT2D eigenvalue weighted by atomic mass is 9.96. The molecule has 0 spiro atoms. The van der Waals surface area contributed by atoms with Gasteiger partial charge in [0.2, 0.25) is 17.7 Å². The Kier molecular flexibility index (Phi) is 12.7. The zero-order chi connectivity index (χ0) is 25.9. The van der Waals surface area contributed by atoms with Crippen molar-refractivity contribution in [1.29, 1.82) is 0 Å². The van der Waals surface area contributed by atoms with Crippen molar-refractivity contribution in [2.75, 3.05) is 0 Å². The van der Waals surface area contributed by atoms with Gasteiger partial charge in [-0.05, 0) is 11.8 Å². The zero-order valence-corrected chi connectivity index (χ0v) is 19.2. The second kappa shape index (κ2) is 14.0. The van der Waals surface area contributed by atoms with Gasteiger partial charge in [0.05, 0.1) is 18.9 Å². The van der Waals surface area contributed by atoms with Gasteiger partial charge in [0.1, 0.15) is 18.1 Å². The van der Waals surface area contributed by atoms with E-state index in [2.05, 4.69) is 16.0 Å². The van der Waals surface area contributed by atoms with E-state index < -0.39 is 84.5 Å². The summed E-state index contributed by atoms with van der Waals surface area (Å²) in [6.07, 6.45) is -0.676. The molecule has 33 heavy (non-hydrogen) atoms. The lowest BCUT2D eigenvalue weighted by molar-refractivity contribution is -0.144. The van der Waals surface area contributed by atoms with Gasteiger partial charge in [0.15, 0.2) is 0 Å². The molecule has 6 unspecified atom stereocenters. The maximum absolute atomic E-state index is 12.9. The van der Waals surface area contributed by atoms with Crippen molar-refractivity contribution >= 4 is 35.6 Å². The van der Waals surface area contributed by atoms with Crippen LogP contribution in [0.15, 0.2) is 0 Å². The van der Waals surface area contributed by atoms with Gasteiger partial charge in [-0.1, -0.05) is 40.5 Å². The Morgan fingerprint density at radius 2 is 1.15 bits per heavy atom. The molecule has 8 N–H and O–H groups in total. The van der Waals surface area contributed by atoms with Gasteiger partial charge in [-0.3, -0.25) is 24.0 Å². The van der Waals surface area contributed by atoms with Gasteiger partial charge in [-0.15, -0.1) is 0 Å². The van der Waals surface area contributed by atoms with Crippen LogP contribution < -0.4 is 21.7 Å². The van der Waals surface area contributed by atoms with Crippen LogP contribution in [0, 0.1) is 11.8 Å². The van der Waals surface area contributed by atoms with E-state index in [1.165, 1.54) is 0 Å². The predicted octanol–water partition coefficient (Wildman–Crippen LogP) is -1.11. The summed E-state index contributed by atoms with van der Waals surface area (Å²) in [6, 6.07) is -5.57. The third-order valence-corrected chi connectivity index (χ3v) is 5.31. The van der Waals surface area contributed by atoms with Crippen LogP contribution in [-0.4, -0.2) is 75.1 Å². The quantitative estimate of drug-likeness (QED) is 0.151. The summed E-state index contributed by atoms with van der Waals surface area (Å²) >= 11 is 0. The molecule has 0 bridgehead atoms. The number of aliphatic carboxylic acids is 3. The average Bonchev–Trinajstić information content (AvgIpc) is 2.72. The molecular formula is C20H34N4O9. The molecule has 0 saturated carbocycles. The Hall–Kier alpha value is -3.22. The minimum Gasteiger partial charge on any atom is -0.481 e. The molecule has 6 atom stereocenters. The fourth-order valence-corrected chi connectivity index (χ4v) is 2.83. The maximum atomic E-state index is 12.9. The molecule has 0 aromatic rings. The predicted molar refractivity (Wildman–Crippen MR) is 115 cm³/mol.